The average molecular weight is 342 g/mol. The molecule has 26 heavy (non-hydrogen) atoms. The number of amides is 1. The Balaban J connectivity index is 1.53. The number of hydrogen-bond acceptors (Lipinski definition) is 3. The predicted octanol–water partition coefficient (Wildman–Crippen LogP) is 3.41. The van der Waals surface area contributed by atoms with E-state index in [1.807, 2.05) is 59.4 Å². The smallest absolute Gasteiger partial charge is 0.253 e. The second-order valence-electron chi connectivity index (χ2n) is 6.04. The first kappa shape index (κ1) is 16.0. The van der Waals surface area contributed by atoms with E-state index in [-0.39, 0.29) is 5.91 Å². The van der Waals surface area contributed by atoms with E-state index in [0.717, 1.165) is 22.0 Å². The fourth-order valence-corrected chi connectivity index (χ4v) is 3.01. The third kappa shape index (κ3) is 3.32. The molecule has 0 atom stereocenters. The van der Waals surface area contributed by atoms with Gasteiger partial charge in [-0.25, -0.2) is 0 Å². The van der Waals surface area contributed by atoms with Crippen LogP contribution in [-0.2, 0) is 13.1 Å². The van der Waals surface area contributed by atoms with Gasteiger partial charge in [0.1, 0.15) is 0 Å². The van der Waals surface area contributed by atoms with Gasteiger partial charge >= 0.3 is 0 Å². The summed E-state index contributed by atoms with van der Waals surface area (Å²) in [6.45, 7) is 1.13. The Morgan fingerprint density at radius 3 is 2.62 bits per heavy atom. The maximum Gasteiger partial charge on any atom is 0.253 e. The Kier molecular flexibility index (Phi) is 4.43. The lowest BCUT2D eigenvalue weighted by Gasteiger charge is -2.12. The second kappa shape index (κ2) is 7.19. The van der Waals surface area contributed by atoms with E-state index >= 15 is 0 Å². The monoisotopic (exact) mass is 342 g/mol. The SMILES string of the molecule is O=C(NCc1ccccc1Cn1cccn1)c1cccc2cccnc12. The number of para-hydroxylation sites is 1. The highest BCUT2D eigenvalue weighted by atomic mass is 16.1. The van der Waals surface area contributed by atoms with Crippen LogP contribution >= 0.6 is 0 Å². The van der Waals surface area contributed by atoms with Gasteiger partial charge in [0.25, 0.3) is 5.91 Å². The van der Waals surface area contributed by atoms with Crippen LogP contribution in [0.4, 0.5) is 0 Å². The molecule has 0 fully saturated rings. The number of pyridine rings is 1. The number of fused-ring (bicyclic) bond motifs is 1. The van der Waals surface area contributed by atoms with E-state index in [1.165, 1.54) is 0 Å². The highest BCUT2D eigenvalue weighted by molar-refractivity contribution is 6.05. The van der Waals surface area contributed by atoms with E-state index in [1.54, 1.807) is 18.5 Å². The van der Waals surface area contributed by atoms with Crippen molar-refractivity contribution in [3.63, 3.8) is 0 Å². The Morgan fingerprint density at radius 1 is 0.923 bits per heavy atom. The second-order valence-corrected chi connectivity index (χ2v) is 6.04. The fourth-order valence-electron chi connectivity index (χ4n) is 3.01. The summed E-state index contributed by atoms with van der Waals surface area (Å²) >= 11 is 0. The summed E-state index contributed by atoms with van der Waals surface area (Å²) in [5, 5.41) is 8.23. The lowest BCUT2D eigenvalue weighted by Crippen LogP contribution is -2.24. The summed E-state index contributed by atoms with van der Waals surface area (Å²) in [4.78, 5) is 17.0. The fraction of sp³-hybridized carbons (Fsp3) is 0.0952. The summed E-state index contributed by atoms with van der Waals surface area (Å²) in [5.41, 5.74) is 3.52. The van der Waals surface area contributed by atoms with Crippen LogP contribution in [0, 0.1) is 0 Å². The number of benzene rings is 2. The maximum absolute atomic E-state index is 12.7. The Morgan fingerprint density at radius 2 is 1.77 bits per heavy atom. The molecule has 128 valence electrons. The van der Waals surface area contributed by atoms with Crippen LogP contribution in [0.15, 0.2) is 79.3 Å². The minimum atomic E-state index is -0.122. The average Bonchev–Trinajstić information content (AvgIpc) is 3.20. The molecule has 0 saturated carbocycles. The van der Waals surface area contributed by atoms with E-state index in [9.17, 15) is 4.79 Å². The minimum absolute atomic E-state index is 0.122. The molecule has 0 radical (unpaired) electrons. The van der Waals surface area contributed by atoms with Crippen LogP contribution in [-0.4, -0.2) is 20.7 Å². The van der Waals surface area contributed by atoms with Crippen molar-refractivity contribution in [1.82, 2.24) is 20.1 Å². The van der Waals surface area contributed by atoms with Crippen LogP contribution in [0.1, 0.15) is 21.5 Å². The lowest BCUT2D eigenvalue weighted by molar-refractivity contribution is 0.0952. The third-order valence-electron chi connectivity index (χ3n) is 4.33. The summed E-state index contributed by atoms with van der Waals surface area (Å²) in [7, 11) is 0. The number of aromatic nitrogens is 3. The molecule has 0 saturated heterocycles. The molecular formula is C21H18N4O. The van der Waals surface area contributed by atoms with Crippen LogP contribution in [0.2, 0.25) is 0 Å². The van der Waals surface area contributed by atoms with Crippen molar-refractivity contribution in [1.29, 1.82) is 0 Å². The van der Waals surface area contributed by atoms with Gasteiger partial charge in [0, 0.05) is 30.5 Å². The van der Waals surface area contributed by atoms with Crippen molar-refractivity contribution in [3.05, 3.63) is 95.9 Å². The number of nitrogens with one attached hydrogen (secondary N) is 1. The van der Waals surface area contributed by atoms with Gasteiger partial charge in [0.15, 0.2) is 0 Å². The van der Waals surface area contributed by atoms with E-state index in [2.05, 4.69) is 21.5 Å². The van der Waals surface area contributed by atoms with Crippen LogP contribution in [0.3, 0.4) is 0 Å². The van der Waals surface area contributed by atoms with Gasteiger partial charge in [-0.2, -0.15) is 5.10 Å². The third-order valence-corrected chi connectivity index (χ3v) is 4.33. The number of carbonyl (C=O) groups excluding carboxylic acids is 1. The molecule has 2 aromatic carbocycles. The molecule has 4 rings (SSSR count). The number of carbonyl (C=O) groups is 1. The molecule has 5 heteroatoms. The molecule has 0 bridgehead atoms. The van der Waals surface area contributed by atoms with Crippen molar-refractivity contribution in [2.45, 2.75) is 13.1 Å². The van der Waals surface area contributed by atoms with Gasteiger partial charge in [0.2, 0.25) is 0 Å². The Bertz CT molecular complexity index is 1040. The summed E-state index contributed by atoms with van der Waals surface area (Å²) < 4.78 is 1.87. The van der Waals surface area contributed by atoms with Crippen LogP contribution in [0.25, 0.3) is 10.9 Å². The van der Waals surface area contributed by atoms with Gasteiger partial charge in [0.05, 0.1) is 17.6 Å². The van der Waals surface area contributed by atoms with Crippen LogP contribution < -0.4 is 5.32 Å². The molecule has 0 aliphatic rings. The van der Waals surface area contributed by atoms with Crippen molar-refractivity contribution < 1.29 is 4.79 Å². The summed E-state index contributed by atoms with van der Waals surface area (Å²) in [6.07, 6.45) is 5.40. The quantitative estimate of drug-likeness (QED) is 0.605. The molecule has 4 aromatic rings. The van der Waals surface area contributed by atoms with Crippen molar-refractivity contribution in [3.8, 4) is 0 Å². The van der Waals surface area contributed by atoms with E-state index < -0.39 is 0 Å². The molecule has 0 aliphatic carbocycles. The van der Waals surface area contributed by atoms with Crippen molar-refractivity contribution in [2.75, 3.05) is 0 Å². The van der Waals surface area contributed by atoms with Crippen molar-refractivity contribution in [2.24, 2.45) is 0 Å². The zero-order valence-electron chi connectivity index (χ0n) is 14.2. The summed E-state index contributed by atoms with van der Waals surface area (Å²) in [5.74, 6) is -0.122. The van der Waals surface area contributed by atoms with Gasteiger partial charge in [-0.15, -0.1) is 0 Å². The van der Waals surface area contributed by atoms with E-state index in [4.69, 9.17) is 0 Å². The van der Waals surface area contributed by atoms with Gasteiger partial charge < -0.3 is 5.32 Å². The number of nitrogens with zero attached hydrogens (tertiary/aromatic N) is 3. The molecule has 0 unspecified atom stereocenters. The minimum Gasteiger partial charge on any atom is -0.348 e. The van der Waals surface area contributed by atoms with Gasteiger partial charge in [-0.1, -0.05) is 42.5 Å². The van der Waals surface area contributed by atoms with Crippen LogP contribution in [0.5, 0.6) is 0 Å². The standard InChI is InChI=1S/C21H18N4O/c26-21(19-10-3-8-16-9-4-11-22-20(16)19)23-14-17-6-1-2-7-18(17)15-25-13-5-12-24-25/h1-13H,14-15H2,(H,23,26). The molecule has 2 aromatic heterocycles. The lowest BCUT2D eigenvalue weighted by atomic mass is 10.1. The molecule has 0 spiro atoms. The molecule has 2 heterocycles. The summed E-state index contributed by atoms with van der Waals surface area (Å²) in [6, 6.07) is 19.4. The molecular weight excluding hydrogens is 324 g/mol. The first-order valence-corrected chi connectivity index (χ1v) is 8.47. The number of hydrogen-bond donors (Lipinski definition) is 1. The molecule has 0 aliphatic heterocycles. The van der Waals surface area contributed by atoms with Crippen molar-refractivity contribution >= 4 is 16.8 Å². The van der Waals surface area contributed by atoms with E-state index in [0.29, 0.717) is 18.7 Å². The Labute approximate surface area is 151 Å². The molecule has 1 amide bonds. The first-order valence-electron chi connectivity index (χ1n) is 8.47. The van der Waals surface area contributed by atoms with Gasteiger partial charge in [-0.3, -0.25) is 14.5 Å². The highest BCUT2D eigenvalue weighted by Crippen LogP contribution is 2.16. The first-order chi connectivity index (χ1) is 12.8. The zero-order valence-corrected chi connectivity index (χ0v) is 14.2. The van der Waals surface area contributed by atoms with Gasteiger partial charge in [-0.05, 0) is 29.3 Å². The zero-order chi connectivity index (χ0) is 17.8. The highest BCUT2D eigenvalue weighted by Gasteiger charge is 2.11. The molecule has 5 nitrogen and oxygen atoms in total. The maximum atomic E-state index is 12.7. The predicted molar refractivity (Wildman–Crippen MR) is 101 cm³/mol. The normalized spacial score (nSPS) is 10.8. The topological polar surface area (TPSA) is 59.8 Å². The molecule has 1 N–H and O–H groups in total. The number of rotatable bonds is 5. The largest absolute Gasteiger partial charge is 0.348 e. The Hall–Kier alpha value is -3.47.